The minimum atomic E-state index is -3.50. The molecule has 2 aromatic rings. The maximum atomic E-state index is 12.7. The van der Waals surface area contributed by atoms with E-state index in [2.05, 4.69) is 20.7 Å². The van der Waals surface area contributed by atoms with Crippen LogP contribution in [0.3, 0.4) is 0 Å². The molecular formula is C23H30N4O4S. The monoisotopic (exact) mass is 458 g/mol. The summed E-state index contributed by atoms with van der Waals surface area (Å²) < 4.78 is 27.1. The smallest absolute Gasteiger partial charge is 0.315 e. The zero-order valence-corrected chi connectivity index (χ0v) is 19.1. The molecule has 3 amide bonds. The molecule has 4 N–H and O–H groups in total. The summed E-state index contributed by atoms with van der Waals surface area (Å²) in [5, 5.41) is 8.30. The third-order valence-corrected chi connectivity index (χ3v) is 6.67. The van der Waals surface area contributed by atoms with Crippen LogP contribution in [-0.2, 0) is 27.9 Å². The van der Waals surface area contributed by atoms with Crippen molar-refractivity contribution in [3.63, 3.8) is 0 Å². The molecule has 0 spiro atoms. The van der Waals surface area contributed by atoms with Crippen molar-refractivity contribution in [1.82, 2.24) is 20.7 Å². The van der Waals surface area contributed by atoms with E-state index in [1.165, 1.54) is 12.1 Å². The number of sulfonamides is 1. The first kappa shape index (κ1) is 23.7. The van der Waals surface area contributed by atoms with E-state index in [9.17, 15) is 18.0 Å². The van der Waals surface area contributed by atoms with Gasteiger partial charge in [-0.05, 0) is 42.0 Å². The number of carbonyl (C=O) groups is 2. The number of hydrogen-bond acceptors (Lipinski definition) is 4. The number of nitrogens with one attached hydrogen (secondary N) is 4. The van der Waals surface area contributed by atoms with Crippen LogP contribution in [0.1, 0.15) is 37.8 Å². The van der Waals surface area contributed by atoms with Gasteiger partial charge in [-0.1, -0.05) is 56.3 Å². The first-order chi connectivity index (χ1) is 15.2. The van der Waals surface area contributed by atoms with Crippen LogP contribution in [0, 0.1) is 5.92 Å². The van der Waals surface area contributed by atoms with E-state index in [1.807, 2.05) is 44.2 Å². The van der Waals surface area contributed by atoms with E-state index >= 15 is 0 Å². The normalized spacial score (nSPS) is 14.6. The molecule has 1 aliphatic carbocycles. The van der Waals surface area contributed by atoms with Crippen molar-refractivity contribution in [3.05, 3.63) is 65.7 Å². The fraction of sp³-hybridized carbons (Fsp3) is 0.391. The van der Waals surface area contributed by atoms with Crippen molar-refractivity contribution >= 4 is 22.0 Å². The quantitative estimate of drug-likeness (QED) is 0.437. The largest absolute Gasteiger partial charge is 0.350 e. The van der Waals surface area contributed by atoms with Crippen molar-refractivity contribution in [2.75, 3.05) is 0 Å². The van der Waals surface area contributed by atoms with Crippen LogP contribution < -0.4 is 20.7 Å². The molecule has 1 fully saturated rings. The summed E-state index contributed by atoms with van der Waals surface area (Å²) in [6, 6.07) is 14.8. The van der Waals surface area contributed by atoms with Crippen molar-refractivity contribution in [2.45, 2.75) is 56.8 Å². The lowest BCUT2D eigenvalue weighted by molar-refractivity contribution is -0.124. The molecule has 0 saturated heterocycles. The Morgan fingerprint density at radius 2 is 1.50 bits per heavy atom. The molecule has 0 bridgehead atoms. The summed E-state index contributed by atoms with van der Waals surface area (Å²) in [6.45, 7) is 4.30. The molecule has 0 aromatic heterocycles. The molecule has 32 heavy (non-hydrogen) atoms. The van der Waals surface area contributed by atoms with Crippen LogP contribution in [0.15, 0.2) is 59.5 Å². The van der Waals surface area contributed by atoms with Crippen LogP contribution in [0.4, 0.5) is 4.79 Å². The summed E-state index contributed by atoms with van der Waals surface area (Å²) in [6.07, 6.45) is 1.75. The molecule has 0 heterocycles. The first-order valence-corrected chi connectivity index (χ1v) is 12.2. The molecule has 1 saturated carbocycles. The van der Waals surface area contributed by atoms with Gasteiger partial charge in [-0.2, -0.15) is 0 Å². The fourth-order valence-electron chi connectivity index (χ4n) is 3.08. The molecule has 0 radical (unpaired) electrons. The summed E-state index contributed by atoms with van der Waals surface area (Å²) in [4.78, 5) is 25.1. The Labute approximate surface area is 189 Å². The Morgan fingerprint density at radius 3 is 2.09 bits per heavy atom. The second kappa shape index (κ2) is 10.6. The Morgan fingerprint density at radius 1 is 0.906 bits per heavy atom. The average molecular weight is 459 g/mol. The molecule has 8 nitrogen and oxygen atoms in total. The molecule has 0 aliphatic heterocycles. The summed E-state index contributed by atoms with van der Waals surface area (Å²) >= 11 is 0. The Kier molecular flexibility index (Phi) is 7.87. The maximum Gasteiger partial charge on any atom is 0.315 e. The first-order valence-electron chi connectivity index (χ1n) is 10.7. The van der Waals surface area contributed by atoms with E-state index in [0.717, 1.165) is 24.0 Å². The van der Waals surface area contributed by atoms with Gasteiger partial charge in [0.15, 0.2) is 0 Å². The second-order valence-electron chi connectivity index (χ2n) is 8.29. The summed E-state index contributed by atoms with van der Waals surface area (Å²) in [5.74, 6) is -0.416. The number of carbonyl (C=O) groups excluding carboxylic acids is 2. The van der Waals surface area contributed by atoms with E-state index in [0.29, 0.717) is 6.54 Å². The standard InChI is InChI=1S/C23H30N4O4S/c1-16(2)21(26-23(29)25-15-17-6-4-3-5-7-17)22(28)24-14-18-8-12-20(13-9-18)32(30,31)27-19-10-11-19/h3-9,12-13,16,19,21,27H,10-11,14-15H2,1-2H3,(H,24,28)(H2,25,26,29). The third-order valence-electron chi connectivity index (χ3n) is 5.13. The molecular weight excluding hydrogens is 428 g/mol. The van der Waals surface area contributed by atoms with Crippen molar-refractivity contribution in [1.29, 1.82) is 0 Å². The molecule has 9 heteroatoms. The highest BCUT2D eigenvalue weighted by molar-refractivity contribution is 7.89. The highest BCUT2D eigenvalue weighted by atomic mass is 32.2. The number of benzene rings is 2. The van der Waals surface area contributed by atoms with Crippen LogP contribution >= 0.6 is 0 Å². The third kappa shape index (κ3) is 7.06. The molecule has 1 atom stereocenters. The van der Waals surface area contributed by atoms with Gasteiger partial charge in [0.25, 0.3) is 0 Å². The van der Waals surface area contributed by atoms with Gasteiger partial charge in [-0.3, -0.25) is 4.79 Å². The van der Waals surface area contributed by atoms with Gasteiger partial charge in [-0.25, -0.2) is 17.9 Å². The topological polar surface area (TPSA) is 116 Å². The molecule has 3 rings (SSSR count). The van der Waals surface area contributed by atoms with Gasteiger partial charge in [0.2, 0.25) is 15.9 Å². The highest BCUT2D eigenvalue weighted by Crippen LogP contribution is 2.22. The molecule has 172 valence electrons. The lowest BCUT2D eigenvalue weighted by atomic mass is 10.0. The van der Waals surface area contributed by atoms with E-state index in [4.69, 9.17) is 0 Å². The minimum Gasteiger partial charge on any atom is -0.350 e. The average Bonchev–Trinajstić information content (AvgIpc) is 3.58. The zero-order chi connectivity index (χ0) is 23.1. The number of urea groups is 1. The fourth-order valence-corrected chi connectivity index (χ4v) is 4.38. The van der Waals surface area contributed by atoms with Crippen molar-refractivity contribution in [2.24, 2.45) is 5.92 Å². The van der Waals surface area contributed by atoms with Gasteiger partial charge >= 0.3 is 6.03 Å². The van der Waals surface area contributed by atoms with Crippen LogP contribution in [0.2, 0.25) is 0 Å². The maximum absolute atomic E-state index is 12.7. The summed E-state index contributed by atoms with van der Waals surface area (Å²) in [7, 11) is -3.50. The number of hydrogen-bond donors (Lipinski definition) is 4. The Balaban J connectivity index is 1.50. The predicted octanol–water partition coefficient (Wildman–Crippen LogP) is 2.27. The zero-order valence-electron chi connectivity index (χ0n) is 18.3. The van der Waals surface area contributed by atoms with Gasteiger partial charge in [-0.15, -0.1) is 0 Å². The summed E-state index contributed by atoms with van der Waals surface area (Å²) in [5.41, 5.74) is 1.73. The lowest BCUT2D eigenvalue weighted by Gasteiger charge is -2.22. The van der Waals surface area contributed by atoms with Gasteiger partial charge in [0, 0.05) is 19.1 Å². The number of rotatable bonds is 10. The molecule has 2 aromatic carbocycles. The number of amides is 3. The van der Waals surface area contributed by atoms with Crippen LogP contribution in [0.5, 0.6) is 0 Å². The van der Waals surface area contributed by atoms with Gasteiger partial charge in [0.05, 0.1) is 4.90 Å². The lowest BCUT2D eigenvalue weighted by Crippen LogP contribution is -2.52. The van der Waals surface area contributed by atoms with Crippen molar-refractivity contribution < 1.29 is 18.0 Å². The highest BCUT2D eigenvalue weighted by Gasteiger charge is 2.28. The van der Waals surface area contributed by atoms with E-state index in [-0.39, 0.29) is 29.3 Å². The van der Waals surface area contributed by atoms with Crippen molar-refractivity contribution in [3.8, 4) is 0 Å². The van der Waals surface area contributed by atoms with E-state index < -0.39 is 22.1 Å². The Bertz CT molecular complexity index is 1020. The van der Waals surface area contributed by atoms with E-state index in [1.54, 1.807) is 12.1 Å². The van der Waals surface area contributed by atoms with Crippen LogP contribution in [0.25, 0.3) is 0 Å². The second-order valence-corrected chi connectivity index (χ2v) is 10.0. The van der Waals surface area contributed by atoms with Crippen LogP contribution in [-0.4, -0.2) is 32.4 Å². The molecule has 1 unspecified atom stereocenters. The molecule has 1 aliphatic rings. The minimum absolute atomic E-state index is 0.0457. The SMILES string of the molecule is CC(C)C(NC(=O)NCc1ccccc1)C(=O)NCc1ccc(S(=O)(=O)NC2CC2)cc1. The van der Waals surface area contributed by atoms with Gasteiger partial charge in [0.1, 0.15) is 6.04 Å². The predicted molar refractivity (Wildman–Crippen MR) is 122 cm³/mol. The van der Waals surface area contributed by atoms with Gasteiger partial charge < -0.3 is 16.0 Å². The Hall–Kier alpha value is -2.91.